The Morgan fingerprint density at radius 1 is 1.25 bits per heavy atom. The molecule has 0 saturated carbocycles. The number of para-hydroxylation sites is 1. The molecule has 0 radical (unpaired) electrons. The van der Waals surface area contributed by atoms with E-state index in [0.29, 0.717) is 25.2 Å². The van der Waals surface area contributed by atoms with E-state index in [-0.39, 0.29) is 18.3 Å². The Hall–Kier alpha value is -2.59. The van der Waals surface area contributed by atoms with Crippen molar-refractivity contribution in [3.05, 3.63) is 47.3 Å². The first-order chi connectivity index (χ1) is 15.3. The van der Waals surface area contributed by atoms with E-state index < -0.39 is 17.8 Å². The first kappa shape index (κ1) is 24.1. The van der Waals surface area contributed by atoms with Crippen LogP contribution in [-0.2, 0) is 12.7 Å². The van der Waals surface area contributed by atoms with Gasteiger partial charge in [0.25, 0.3) is 5.91 Å². The van der Waals surface area contributed by atoms with E-state index in [1.165, 1.54) is 4.68 Å². The molecule has 1 saturated heterocycles. The van der Waals surface area contributed by atoms with Crippen molar-refractivity contribution >= 4 is 5.91 Å². The number of alkyl halides is 3. The zero-order chi connectivity index (χ0) is 23.1. The Kier molecular flexibility index (Phi) is 8.14. The van der Waals surface area contributed by atoms with Gasteiger partial charge in [-0.15, -0.1) is 0 Å². The number of likely N-dealkylation sites (tertiary alicyclic amines) is 1. The molecule has 1 aromatic carbocycles. The highest BCUT2D eigenvalue weighted by Crippen LogP contribution is 2.31. The van der Waals surface area contributed by atoms with Crippen molar-refractivity contribution in [2.75, 3.05) is 39.8 Å². The molecule has 10 heteroatoms. The minimum absolute atomic E-state index is 0.0695. The van der Waals surface area contributed by atoms with Gasteiger partial charge in [-0.2, -0.15) is 18.3 Å². The molecule has 0 unspecified atom stereocenters. The zero-order valence-corrected chi connectivity index (χ0v) is 18.4. The minimum atomic E-state index is -4.62. The molecular formula is C22H30F3N5O2. The summed E-state index contributed by atoms with van der Waals surface area (Å²) < 4.78 is 46.9. The molecule has 0 atom stereocenters. The molecule has 2 N–H and O–H groups in total. The fourth-order valence-corrected chi connectivity index (χ4v) is 3.85. The monoisotopic (exact) mass is 453 g/mol. The lowest BCUT2D eigenvalue weighted by atomic mass is 10.0. The number of hydrogen-bond donors (Lipinski definition) is 2. The smallest absolute Gasteiger partial charge is 0.435 e. The molecule has 1 fully saturated rings. The van der Waals surface area contributed by atoms with Crippen LogP contribution in [0.5, 0.6) is 5.75 Å². The van der Waals surface area contributed by atoms with Crippen LogP contribution in [0.2, 0.25) is 0 Å². The van der Waals surface area contributed by atoms with Gasteiger partial charge in [-0.1, -0.05) is 18.2 Å². The highest BCUT2D eigenvalue weighted by Gasteiger charge is 2.37. The molecule has 2 heterocycles. The summed E-state index contributed by atoms with van der Waals surface area (Å²) >= 11 is 0. The molecule has 3 rings (SSSR count). The first-order valence-corrected chi connectivity index (χ1v) is 10.9. The molecule has 0 spiro atoms. The maximum Gasteiger partial charge on any atom is 0.435 e. The summed E-state index contributed by atoms with van der Waals surface area (Å²) in [7, 11) is 1.88. The van der Waals surface area contributed by atoms with E-state index in [9.17, 15) is 18.0 Å². The third-order valence-electron chi connectivity index (χ3n) is 5.55. The zero-order valence-electron chi connectivity index (χ0n) is 18.4. The van der Waals surface area contributed by atoms with Crippen molar-refractivity contribution in [1.82, 2.24) is 25.3 Å². The molecule has 0 bridgehead atoms. The van der Waals surface area contributed by atoms with Crippen LogP contribution >= 0.6 is 0 Å². The largest absolute Gasteiger partial charge is 0.494 e. The number of carbonyl (C=O) groups excluding carboxylic acids is 1. The number of piperidine rings is 1. The predicted octanol–water partition coefficient (Wildman–Crippen LogP) is 3.09. The Labute approximate surface area is 185 Å². The number of amides is 1. The summed E-state index contributed by atoms with van der Waals surface area (Å²) in [6.07, 6.45) is -3.35. The summed E-state index contributed by atoms with van der Waals surface area (Å²) in [6, 6.07) is 7.83. The van der Waals surface area contributed by atoms with E-state index >= 15 is 0 Å². The van der Waals surface area contributed by atoms with Gasteiger partial charge >= 0.3 is 6.18 Å². The SMILES string of the molecule is CCOc1ccccc1CNC(=O)c1cc(C(F)(F)F)nn1C1CCN(CCNC)CC1. The molecule has 1 aliphatic heterocycles. The van der Waals surface area contributed by atoms with Gasteiger partial charge in [0.1, 0.15) is 11.4 Å². The lowest BCUT2D eigenvalue weighted by molar-refractivity contribution is -0.141. The number of rotatable bonds is 9. The van der Waals surface area contributed by atoms with Crippen molar-refractivity contribution in [3.63, 3.8) is 0 Å². The van der Waals surface area contributed by atoms with Crippen molar-refractivity contribution in [3.8, 4) is 5.75 Å². The standard InChI is InChI=1S/C22H30F3N5O2/c1-3-32-19-7-5-4-6-16(19)15-27-21(31)18-14-20(22(23,24)25)28-30(18)17-8-11-29(12-9-17)13-10-26-2/h4-7,14,17,26H,3,8-13,15H2,1-2H3,(H,27,31). The molecule has 1 amide bonds. The average Bonchev–Trinajstić information content (AvgIpc) is 3.24. The second kappa shape index (κ2) is 10.8. The number of likely N-dealkylation sites (N-methyl/N-ethyl adjacent to an activating group) is 1. The number of nitrogens with zero attached hydrogens (tertiary/aromatic N) is 3. The van der Waals surface area contributed by atoms with E-state index in [1.54, 1.807) is 6.07 Å². The molecule has 7 nitrogen and oxygen atoms in total. The quantitative estimate of drug-likeness (QED) is 0.611. The average molecular weight is 454 g/mol. The van der Waals surface area contributed by atoms with Gasteiger partial charge in [-0.25, -0.2) is 0 Å². The number of aromatic nitrogens is 2. The molecular weight excluding hydrogens is 423 g/mol. The lowest BCUT2D eigenvalue weighted by Gasteiger charge is -2.32. The van der Waals surface area contributed by atoms with Crippen LogP contribution in [0.15, 0.2) is 30.3 Å². The topological polar surface area (TPSA) is 71.4 Å². The fraction of sp³-hybridized carbons (Fsp3) is 0.545. The summed E-state index contributed by atoms with van der Waals surface area (Å²) in [5, 5.41) is 9.62. The van der Waals surface area contributed by atoms with Crippen LogP contribution in [0.3, 0.4) is 0 Å². The summed E-state index contributed by atoms with van der Waals surface area (Å²) in [4.78, 5) is 15.2. The molecule has 2 aromatic rings. The third kappa shape index (κ3) is 6.01. The Morgan fingerprint density at radius 3 is 2.62 bits per heavy atom. The van der Waals surface area contributed by atoms with Gasteiger partial charge in [0.15, 0.2) is 5.69 Å². The van der Waals surface area contributed by atoms with E-state index in [0.717, 1.165) is 37.8 Å². The van der Waals surface area contributed by atoms with Crippen LogP contribution < -0.4 is 15.4 Å². The number of halogens is 3. The second-order valence-electron chi connectivity index (χ2n) is 7.76. The van der Waals surface area contributed by atoms with Crippen molar-refractivity contribution in [1.29, 1.82) is 0 Å². The van der Waals surface area contributed by atoms with Gasteiger partial charge in [0.2, 0.25) is 0 Å². The van der Waals surface area contributed by atoms with Gasteiger partial charge in [0.05, 0.1) is 12.6 Å². The van der Waals surface area contributed by atoms with E-state index in [4.69, 9.17) is 4.74 Å². The molecule has 1 aliphatic rings. The van der Waals surface area contributed by atoms with Crippen LogP contribution in [0.4, 0.5) is 13.2 Å². The molecule has 0 aliphatic carbocycles. The van der Waals surface area contributed by atoms with Crippen molar-refractivity contribution in [2.45, 2.75) is 38.5 Å². The summed E-state index contributed by atoms with van der Waals surface area (Å²) in [5.74, 6) is 0.0469. The number of hydrogen-bond acceptors (Lipinski definition) is 5. The van der Waals surface area contributed by atoms with E-state index in [1.807, 2.05) is 32.2 Å². The normalized spacial score (nSPS) is 15.7. The molecule has 1 aromatic heterocycles. The van der Waals surface area contributed by atoms with Gasteiger partial charge in [0, 0.05) is 44.4 Å². The Balaban J connectivity index is 1.75. The molecule has 176 valence electrons. The number of ether oxygens (including phenoxy) is 1. The van der Waals surface area contributed by atoms with Crippen LogP contribution in [-0.4, -0.2) is 60.4 Å². The number of benzene rings is 1. The lowest BCUT2D eigenvalue weighted by Crippen LogP contribution is -2.39. The highest BCUT2D eigenvalue weighted by molar-refractivity contribution is 5.92. The maximum atomic E-state index is 13.4. The van der Waals surface area contributed by atoms with Crippen LogP contribution in [0.25, 0.3) is 0 Å². The minimum Gasteiger partial charge on any atom is -0.494 e. The fourth-order valence-electron chi connectivity index (χ4n) is 3.85. The van der Waals surface area contributed by atoms with Gasteiger partial charge in [-0.05, 0) is 32.9 Å². The van der Waals surface area contributed by atoms with Gasteiger partial charge in [-0.3, -0.25) is 9.48 Å². The summed E-state index contributed by atoms with van der Waals surface area (Å²) in [6.45, 7) is 5.69. The Bertz CT molecular complexity index is 892. The second-order valence-corrected chi connectivity index (χ2v) is 7.76. The maximum absolute atomic E-state index is 13.4. The summed E-state index contributed by atoms with van der Waals surface area (Å²) in [5.41, 5.74) is -0.363. The number of carbonyl (C=O) groups is 1. The number of nitrogens with one attached hydrogen (secondary N) is 2. The Morgan fingerprint density at radius 2 is 1.97 bits per heavy atom. The molecule has 32 heavy (non-hydrogen) atoms. The van der Waals surface area contributed by atoms with Crippen molar-refractivity contribution < 1.29 is 22.7 Å². The van der Waals surface area contributed by atoms with Gasteiger partial charge < -0.3 is 20.3 Å². The van der Waals surface area contributed by atoms with E-state index in [2.05, 4.69) is 20.6 Å². The third-order valence-corrected chi connectivity index (χ3v) is 5.55. The van der Waals surface area contributed by atoms with Crippen LogP contribution in [0, 0.1) is 0 Å². The van der Waals surface area contributed by atoms with Crippen LogP contribution in [0.1, 0.15) is 47.6 Å². The highest BCUT2D eigenvalue weighted by atomic mass is 19.4. The van der Waals surface area contributed by atoms with Crippen molar-refractivity contribution in [2.24, 2.45) is 0 Å². The first-order valence-electron chi connectivity index (χ1n) is 10.9. The predicted molar refractivity (Wildman–Crippen MR) is 115 cm³/mol.